The number of para-hydroxylation sites is 1. The highest BCUT2D eigenvalue weighted by Crippen LogP contribution is 2.32. The quantitative estimate of drug-likeness (QED) is 0.132. The number of aromatic nitrogens is 1. The van der Waals surface area contributed by atoms with E-state index >= 15 is 0 Å². The first-order chi connectivity index (χ1) is 19.1. The van der Waals surface area contributed by atoms with Gasteiger partial charge in [0.1, 0.15) is 17.4 Å². The summed E-state index contributed by atoms with van der Waals surface area (Å²) < 4.78 is 13.7. The van der Waals surface area contributed by atoms with E-state index in [4.69, 9.17) is 9.47 Å². The van der Waals surface area contributed by atoms with E-state index in [2.05, 4.69) is 16.8 Å². The molecule has 0 unspecified atom stereocenters. The summed E-state index contributed by atoms with van der Waals surface area (Å²) in [5.41, 5.74) is 2.72. The molecule has 3 aromatic rings. The molecule has 0 spiro atoms. The highest BCUT2D eigenvalue weighted by atomic mass is 35.5. The Kier molecular flexibility index (Phi) is 16.4. The van der Waals surface area contributed by atoms with Gasteiger partial charge < -0.3 is 21.9 Å². The molecule has 3 rings (SSSR count). The molecule has 5 nitrogen and oxygen atoms in total. The molecule has 0 bridgehead atoms. The van der Waals surface area contributed by atoms with Gasteiger partial charge in [-0.05, 0) is 53.7 Å². The number of amides is 1. The van der Waals surface area contributed by atoms with Crippen LogP contribution in [-0.4, -0.2) is 24.2 Å². The van der Waals surface area contributed by atoms with Crippen molar-refractivity contribution in [1.82, 2.24) is 4.57 Å². The molecule has 40 heavy (non-hydrogen) atoms. The third kappa shape index (κ3) is 11.5. The molecule has 0 aliphatic rings. The van der Waals surface area contributed by atoms with Crippen LogP contribution in [-0.2, 0) is 18.3 Å². The van der Waals surface area contributed by atoms with Gasteiger partial charge in [-0.25, -0.2) is 0 Å². The van der Waals surface area contributed by atoms with E-state index in [1.807, 2.05) is 61.1 Å². The summed E-state index contributed by atoms with van der Waals surface area (Å²) in [6.45, 7) is 2.96. The number of nitrogens with zero attached hydrogens (tertiary/aromatic N) is 1. The van der Waals surface area contributed by atoms with E-state index in [9.17, 15) is 4.79 Å². The molecule has 0 saturated heterocycles. The standard InChI is InChI=1S/C33H46N2O3S.ClH/c1-4-5-6-7-8-9-10-11-12-13-14-17-23-38-30-21-20-27(25-31(30)37-3)26-32(36)34-29-19-16-15-18-28(29)33-35(2)22-24-39-33;/h15-16,18-22,24-25H,4-14,17,23,26H2,1-3H3;1H. The van der Waals surface area contributed by atoms with E-state index < -0.39 is 0 Å². The minimum Gasteiger partial charge on any atom is -1.00 e. The van der Waals surface area contributed by atoms with Gasteiger partial charge >= 0.3 is 0 Å². The van der Waals surface area contributed by atoms with Gasteiger partial charge in [-0.15, -0.1) is 0 Å². The lowest BCUT2D eigenvalue weighted by molar-refractivity contribution is -0.115. The molecule has 0 atom stereocenters. The number of carbonyl (C=O) groups is 1. The van der Waals surface area contributed by atoms with E-state index in [1.54, 1.807) is 18.4 Å². The van der Waals surface area contributed by atoms with Gasteiger partial charge in [0.15, 0.2) is 16.5 Å². The van der Waals surface area contributed by atoms with E-state index in [0.717, 1.165) is 34.0 Å². The Morgan fingerprint density at radius 2 is 1.55 bits per heavy atom. The molecular weight excluding hydrogens is 540 g/mol. The molecule has 0 fully saturated rings. The van der Waals surface area contributed by atoms with E-state index in [0.29, 0.717) is 12.4 Å². The summed E-state index contributed by atoms with van der Waals surface area (Å²) in [5, 5.41) is 6.23. The number of hydrogen-bond donors (Lipinski definition) is 1. The van der Waals surface area contributed by atoms with Crippen LogP contribution in [0.25, 0.3) is 10.6 Å². The minimum atomic E-state index is -0.0612. The average Bonchev–Trinajstić information content (AvgIpc) is 3.37. The maximum atomic E-state index is 12.9. The summed E-state index contributed by atoms with van der Waals surface area (Å²) in [6, 6.07) is 13.7. The molecule has 1 N–H and O–H groups in total. The number of ether oxygens (including phenoxy) is 2. The Labute approximate surface area is 251 Å². The summed E-state index contributed by atoms with van der Waals surface area (Å²) in [7, 11) is 3.66. The SMILES string of the molecule is CCCCCCCCCCCCCCOc1ccc(CC(=O)Nc2ccccc2-[c+]2sccn2C)cc1OC.[Cl-]. The van der Waals surface area contributed by atoms with Crippen LogP contribution in [0.1, 0.15) is 89.5 Å². The van der Waals surface area contributed by atoms with Crippen LogP contribution in [0.5, 0.6) is 11.5 Å². The Hall–Kier alpha value is -2.57. The second kappa shape index (κ2) is 19.5. The fourth-order valence-corrected chi connectivity index (χ4v) is 5.72. The molecule has 0 saturated carbocycles. The number of halogens is 1. The van der Waals surface area contributed by atoms with Crippen LogP contribution in [0.4, 0.5) is 5.69 Å². The predicted octanol–water partition coefficient (Wildman–Crippen LogP) is 6.31. The number of methoxy groups -OCH3 is 1. The second-order valence-electron chi connectivity index (χ2n) is 10.3. The number of aryl methyl sites for hydroxylation is 1. The first kappa shape index (κ1) is 33.6. The maximum absolute atomic E-state index is 12.9. The molecule has 0 aliphatic carbocycles. The van der Waals surface area contributed by atoms with Crippen molar-refractivity contribution in [2.75, 3.05) is 19.0 Å². The van der Waals surface area contributed by atoms with Crippen molar-refractivity contribution in [1.29, 1.82) is 0 Å². The zero-order valence-electron chi connectivity index (χ0n) is 24.6. The maximum Gasteiger partial charge on any atom is 0.235 e. The number of hydrogen-bond acceptors (Lipinski definition) is 4. The van der Waals surface area contributed by atoms with Gasteiger partial charge in [0.05, 0.1) is 25.5 Å². The lowest BCUT2D eigenvalue weighted by Crippen LogP contribution is -3.00. The summed E-state index contributed by atoms with van der Waals surface area (Å²) >= 11 is 1.65. The first-order valence-electron chi connectivity index (χ1n) is 14.7. The highest BCUT2D eigenvalue weighted by Gasteiger charge is 2.17. The van der Waals surface area contributed by atoms with Crippen molar-refractivity contribution in [3.05, 3.63) is 59.6 Å². The zero-order valence-corrected chi connectivity index (χ0v) is 26.1. The number of unbranched alkanes of at least 4 members (excludes halogenated alkanes) is 11. The van der Waals surface area contributed by atoms with Crippen LogP contribution in [0.2, 0.25) is 0 Å². The van der Waals surface area contributed by atoms with Gasteiger partial charge in [-0.1, -0.05) is 83.6 Å². The van der Waals surface area contributed by atoms with E-state index in [1.165, 1.54) is 70.6 Å². The fraction of sp³-hybridized carbons (Fsp3) is 0.515. The van der Waals surface area contributed by atoms with Crippen LogP contribution in [0.3, 0.4) is 0 Å². The number of rotatable bonds is 19. The third-order valence-electron chi connectivity index (χ3n) is 7.06. The predicted molar refractivity (Wildman–Crippen MR) is 165 cm³/mol. The average molecular weight is 587 g/mol. The van der Waals surface area contributed by atoms with Gasteiger partial charge in [0, 0.05) is 13.1 Å². The first-order valence-corrected chi connectivity index (χ1v) is 15.6. The highest BCUT2D eigenvalue weighted by molar-refractivity contribution is 7.13. The number of nitrogens with one attached hydrogen (secondary N) is 1. The molecule has 220 valence electrons. The number of carbonyl (C=O) groups excluding carboxylic acids is 1. The van der Waals surface area contributed by atoms with Crippen LogP contribution < -0.4 is 27.2 Å². The molecule has 2 aromatic carbocycles. The molecule has 0 radical (unpaired) electrons. The third-order valence-corrected chi connectivity index (χ3v) is 8.05. The molecule has 7 heteroatoms. The van der Waals surface area contributed by atoms with Crippen LogP contribution in [0.15, 0.2) is 54.0 Å². The molecular formula is C33H47ClN2O3S. The van der Waals surface area contributed by atoms with Crippen LogP contribution >= 0.6 is 11.3 Å². The molecule has 0 aliphatic heterocycles. The normalized spacial score (nSPS) is 10.7. The molecule has 1 amide bonds. The summed E-state index contributed by atoms with van der Waals surface area (Å²) in [4.78, 5) is 12.9. The summed E-state index contributed by atoms with van der Waals surface area (Å²) in [6.07, 6.45) is 18.2. The Morgan fingerprint density at radius 1 is 0.900 bits per heavy atom. The van der Waals surface area contributed by atoms with Crippen molar-refractivity contribution in [2.24, 2.45) is 7.05 Å². The number of thiazole rings is 1. The van der Waals surface area contributed by atoms with Gasteiger partial charge in [-0.3, -0.25) is 14.7 Å². The molecule has 1 heterocycles. The van der Waals surface area contributed by atoms with E-state index in [-0.39, 0.29) is 24.7 Å². The van der Waals surface area contributed by atoms with Crippen molar-refractivity contribution >= 4 is 22.9 Å². The summed E-state index contributed by atoms with van der Waals surface area (Å²) in [5.74, 6) is 1.35. The van der Waals surface area contributed by atoms with Gasteiger partial charge in [0.25, 0.3) is 0 Å². The Balaban J connectivity index is 0.00000560. The lowest BCUT2D eigenvalue weighted by Gasteiger charge is -2.12. The van der Waals surface area contributed by atoms with Crippen molar-refractivity contribution < 1.29 is 26.7 Å². The second-order valence-corrected chi connectivity index (χ2v) is 11.2. The van der Waals surface area contributed by atoms with Crippen molar-refractivity contribution in [2.45, 2.75) is 90.4 Å². The topological polar surface area (TPSA) is 52.5 Å². The molecule has 1 aromatic heterocycles. The lowest BCUT2D eigenvalue weighted by atomic mass is 10.1. The van der Waals surface area contributed by atoms with Crippen molar-refractivity contribution in [3.8, 4) is 22.1 Å². The van der Waals surface area contributed by atoms with Crippen molar-refractivity contribution in [3.63, 3.8) is 0 Å². The Bertz CT molecular complexity index is 1130. The monoisotopic (exact) mass is 586 g/mol. The smallest absolute Gasteiger partial charge is 0.235 e. The largest absolute Gasteiger partial charge is 1.00 e. The minimum absolute atomic E-state index is 0. The zero-order chi connectivity index (χ0) is 27.7. The fourth-order valence-electron chi connectivity index (χ4n) is 4.82. The van der Waals surface area contributed by atoms with Gasteiger partial charge in [0.2, 0.25) is 5.91 Å². The van der Waals surface area contributed by atoms with Gasteiger partial charge in [-0.2, -0.15) is 0 Å². The van der Waals surface area contributed by atoms with Crippen LogP contribution in [0, 0.1) is 0 Å². The number of benzene rings is 2. The number of anilines is 1. The Morgan fingerprint density at radius 3 is 2.17 bits per heavy atom.